The molecule has 0 aromatic heterocycles. The molecule has 0 aliphatic rings. The summed E-state index contributed by atoms with van der Waals surface area (Å²) in [5.74, 6) is 0. The lowest BCUT2D eigenvalue weighted by atomic mass is 10.0. The van der Waals surface area contributed by atoms with E-state index in [1.807, 2.05) is 12.1 Å². The van der Waals surface area contributed by atoms with E-state index in [2.05, 4.69) is 47.1 Å². The van der Waals surface area contributed by atoms with Crippen LogP contribution in [-0.4, -0.2) is 5.11 Å². The van der Waals surface area contributed by atoms with Gasteiger partial charge in [0, 0.05) is 10.9 Å². The molecule has 0 aliphatic heterocycles. The lowest BCUT2D eigenvalue weighted by Crippen LogP contribution is -2.02. The first-order valence-electron chi connectivity index (χ1n) is 6.31. The number of hydrogen-bond acceptors (Lipinski definition) is 1. The van der Waals surface area contributed by atoms with E-state index >= 15 is 0 Å². The molecule has 1 unspecified atom stereocenters. The van der Waals surface area contributed by atoms with Crippen molar-refractivity contribution in [3.8, 4) is 0 Å². The van der Waals surface area contributed by atoms with E-state index in [-0.39, 0.29) is 0 Å². The smallest absolute Gasteiger partial charge is 0.0830 e. The zero-order valence-corrected chi connectivity index (χ0v) is 13.1. The Morgan fingerprint density at radius 2 is 1.74 bits per heavy atom. The first-order chi connectivity index (χ1) is 9.10. The fourth-order valence-electron chi connectivity index (χ4n) is 1.97. The third-order valence-electron chi connectivity index (χ3n) is 3.19. The van der Waals surface area contributed by atoms with Crippen LogP contribution in [0.25, 0.3) is 0 Å². The Bertz CT molecular complexity index is 551. The number of benzene rings is 2. The molecule has 2 aromatic carbocycles. The van der Waals surface area contributed by atoms with Gasteiger partial charge in [-0.3, -0.25) is 0 Å². The van der Waals surface area contributed by atoms with Crippen molar-refractivity contribution in [2.45, 2.75) is 25.9 Å². The molecule has 0 bridgehead atoms. The van der Waals surface area contributed by atoms with Crippen LogP contribution in [0.3, 0.4) is 0 Å². The van der Waals surface area contributed by atoms with Gasteiger partial charge in [0.1, 0.15) is 0 Å². The predicted octanol–water partition coefficient (Wildman–Crippen LogP) is 4.94. The Balaban J connectivity index is 2.10. The van der Waals surface area contributed by atoms with Gasteiger partial charge in [0.05, 0.1) is 11.1 Å². The number of halogens is 2. The highest BCUT2D eigenvalue weighted by atomic mass is 79.9. The Hall–Kier alpha value is -0.830. The van der Waals surface area contributed by atoms with E-state index in [0.717, 1.165) is 22.0 Å². The van der Waals surface area contributed by atoms with Crippen LogP contribution >= 0.6 is 27.5 Å². The number of aliphatic hydroxyl groups is 1. The van der Waals surface area contributed by atoms with E-state index in [9.17, 15) is 5.11 Å². The molecule has 100 valence electrons. The highest BCUT2D eigenvalue weighted by Crippen LogP contribution is 2.27. The maximum atomic E-state index is 10.2. The van der Waals surface area contributed by atoms with Gasteiger partial charge in [-0.15, -0.1) is 0 Å². The normalized spacial score (nSPS) is 12.4. The zero-order valence-electron chi connectivity index (χ0n) is 10.7. The van der Waals surface area contributed by atoms with E-state index in [0.29, 0.717) is 11.4 Å². The zero-order chi connectivity index (χ0) is 13.8. The molecule has 1 N–H and O–H groups in total. The van der Waals surface area contributed by atoms with Gasteiger partial charge in [-0.05, 0) is 51.2 Å². The molecule has 0 heterocycles. The summed E-state index contributed by atoms with van der Waals surface area (Å²) >= 11 is 9.39. The van der Waals surface area contributed by atoms with Crippen LogP contribution < -0.4 is 0 Å². The molecule has 0 saturated heterocycles. The van der Waals surface area contributed by atoms with Crippen LogP contribution in [0.15, 0.2) is 46.9 Å². The molecule has 1 atom stereocenters. The number of rotatable bonds is 4. The Morgan fingerprint density at radius 3 is 2.32 bits per heavy atom. The van der Waals surface area contributed by atoms with Gasteiger partial charge >= 0.3 is 0 Å². The minimum atomic E-state index is -0.530. The van der Waals surface area contributed by atoms with Crippen molar-refractivity contribution in [1.82, 2.24) is 0 Å². The fraction of sp³-hybridized carbons (Fsp3) is 0.250. The summed E-state index contributed by atoms with van der Waals surface area (Å²) in [6, 6.07) is 13.9. The summed E-state index contributed by atoms with van der Waals surface area (Å²) in [6.45, 7) is 2.13. The average Bonchev–Trinajstić information content (AvgIpc) is 2.42. The van der Waals surface area contributed by atoms with Crippen molar-refractivity contribution in [3.63, 3.8) is 0 Å². The molecule has 0 amide bonds. The summed E-state index contributed by atoms with van der Waals surface area (Å²) in [7, 11) is 0. The highest BCUT2D eigenvalue weighted by Gasteiger charge is 2.10. The van der Waals surface area contributed by atoms with Crippen molar-refractivity contribution in [2.75, 3.05) is 0 Å². The standard InChI is InChI=1S/C16H16BrClO/c1-2-11-3-5-12(6-4-11)9-16(19)13-7-8-14(17)15(18)10-13/h3-8,10,16,19H,2,9H2,1H3. The first kappa shape index (κ1) is 14.6. The molecule has 0 aliphatic carbocycles. The predicted molar refractivity (Wildman–Crippen MR) is 83.6 cm³/mol. The average molecular weight is 340 g/mol. The topological polar surface area (TPSA) is 20.2 Å². The van der Waals surface area contributed by atoms with Gasteiger partial charge in [0.25, 0.3) is 0 Å². The van der Waals surface area contributed by atoms with Crippen LogP contribution in [0.5, 0.6) is 0 Å². The van der Waals surface area contributed by atoms with Gasteiger partial charge in [-0.2, -0.15) is 0 Å². The summed E-state index contributed by atoms with van der Waals surface area (Å²) in [5.41, 5.74) is 3.28. The molecule has 0 radical (unpaired) electrons. The van der Waals surface area contributed by atoms with Crippen molar-refractivity contribution < 1.29 is 5.11 Å². The van der Waals surface area contributed by atoms with Crippen LogP contribution in [0.1, 0.15) is 29.7 Å². The van der Waals surface area contributed by atoms with E-state index in [4.69, 9.17) is 11.6 Å². The molecule has 2 rings (SSSR count). The second-order valence-corrected chi connectivity index (χ2v) is 5.83. The Labute approximate surface area is 127 Å². The van der Waals surface area contributed by atoms with Crippen molar-refractivity contribution in [3.05, 3.63) is 68.7 Å². The van der Waals surface area contributed by atoms with Crippen molar-refractivity contribution in [2.24, 2.45) is 0 Å². The monoisotopic (exact) mass is 338 g/mol. The minimum Gasteiger partial charge on any atom is -0.388 e. The number of hydrogen-bond donors (Lipinski definition) is 1. The molecule has 0 fully saturated rings. The quantitative estimate of drug-likeness (QED) is 0.836. The number of aryl methyl sites for hydroxylation is 1. The second-order valence-electron chi connectivity index (χ2n) is 4.56. The van der Waals surface area contributed by atoms with Crippen LogP contribution in [0.2, 0.25) is 5.02 Å². The molecular formula is C16H16BrClO. The molecule has 2 aromatic rings. The largest absolute Gasteiger partial charge is 0.388 e. The number of aliphatic hydroxyl groups excluding tert-OH is 1. The Kier molecular flexibility index (Phi) is 5.03. The third kappa shape index (κ3) is 3.82. The maximum absolute atomic E-state index is 10.2. The Morgan fingerprint density at radius 1 is 1.11 bits per heavy atom. The van der Waals surface area contributed by atoms with Gasteiger partial charge < -0.3 is 5.11 Å². The maximum Gasteiger partial charge on any atom is 0.0830 e. The van der Waals surface area contributed by atoms with E-state index < -0.39 is 6.10 Å². The van der Waals surface area contributed by atoms with Crippen molar-refractivity contribution in [1.29, 1.82) is 0 Å². The second kappa shape index (κ2) is 6.56. The van der Waals surface area contributed by atoms with Crippen LogP contribution in [0.4, 0.5) is 0 Å². The van der Waals surface area contributed by atoms with Crippen molar-refractivity contribution >= 4 is 27.5 Å². The van der Waals surface area contributed by atoms with Gasteiger partial charge in [-0.1, -0.05) is 48.9 Å². The van der Waals surface area contributed by atoms with Gasteiger partial charge in [0.2, 0.25) is 0 Å². The first-order valence-corrected chi connectivity index (χ1v) is 7.48. The summed E-state index contributed by atoms with van der Waals surface area (Å²) in [5, 5.41) is 10.9. The molecule has 0 spiro atoms. The molecule has 1 nitrogen and oxygen atoms in total. The molecule has 3 heteroatoms. The van der Waals surface area contributed by atoms with E-state index in [1.54, 1.807) is 6.07 Å². The van der Waals surface area contributed by atoms with E-state index in [1.165, 1.54) is 5.56 Å². The minimum absolute atomic E-state index is 0.530. The van der Waals surface area contributed by atoms with Gasteiger partial charge in [0.15, 0.2) is 0 Å². The van der Waals surface area contributed by atoms with Gasteiger partial charge in [-0.25, -0.2) is 0 Å². The summed E-state index contributed by atoms with van der Waals surface area (Å²) in [6.07, 6.45) is 1.10. The third-order valence-corrected chi connectivity index (χ3v) is 4.42. The molecule has 0 saturated carbocycles. The summed E-state index contributed by atoms with van der Waals surface area (Å²) in [4.78, 5) is 0. The molecular weight excluding hydrogens is 324 g/mol. The van der Waals surface area contributed by atoms with Crippen LogP contribution in [-0.2, 0) is 12.8 Å². The fourth-order valence-corrected chi connectivity index (χ4v) is 2.41. The lowest BCUT2D eigenvalue weighted by Gasteiger charge is -2.12. The lowest BCUT2D eigenvalue weighted by molar-refractivity contribution is 0.178. The molecule has 19 heavy (non-hydrogen) atoms. The summed E-state index contributed by atoms with van der Waals surface area (Å²) < 4.78 is 0.845. The SMILES string of the molecule is CCc1ccc(CC(O)c2ccc(Br)c(Cl)c2)cc1. The highest BCUT2D eigenvalue weighted by molar-refractivity contribution is 9.10. The van der Waals surface area contributed by atoms with Crippen LogP contribution in [0, 0.1) is 0 Å².